The molecule has 1 rings (SSSR count). The van der Waals surface area contributed by atoms with Gasteiger partial charge in [0.2, 0.25) is 0 Å². The number of rotatable bonds is 2. The fraction of sp³-hybridized carbons (Fsp3) is 0.714. The molecule has 1 aliphatic rings. The maximum Gasteiger partial charge on any atom is 0.506 e. The zero-order chi connectivity index (χ0) is 8.27. The smallest absolute Gasteiger partial charge is 0.450 e. The van der Waals surface area contributed by atoms with E-state index >= 15 is 0 Å². The van der Waals surface area contributed by atoms with E-state index in [0.717, 1.165) is 19.5 Å². The van der Waals surface area contributed by atoms with Gasteiger partial charge in [0.1, 0.15) is 6.10 Å². The highest BCUT2D eigenvalue weighted by Gasteiger charge is 2.23. The summed E-state index contributed by atoms with van der Waals surface area (Å²) in [5, 5.41) is 8.28. The van der Waals surface area contributed by atoms with Crippen LogP contribution in [0.1, 0.15) is 6.42 Å². The largest absolute Gasteiger partial charge is 0.506 e. The van der Waals surface area contributed by atoms with Crippen molar-refractivity contribution in [2.24, 2.45) is 0 Å². The molecule has 0 aromatic rings. The third-order valence-corrected chi connectivity index (χ3v) is 1.81. The average molecular weight is 158 g/mol. The Morgan fingerprint density at radius 2 is 2.55 bits per heavy atom. The van der Waals surface area contributed by atoms with Crippen molar-refractivity contribution in [3.8, 4) is 0 Å². The first kappa shape index (κ1) is 8.33. The van der Waals surface area contributed by atoms with E-state index < -0.39 is 6.16 Å². The predicted molar refractivity (Wildman–Crippen MR) is 39.3 cm³/mol. The number of hydrogen-bond acceptors (Lipinski definition) is 3. The van der Waals surface area contributed by atoms with Gasteiger partial charge in [-0.05, 0) is 19.9 Å². The number of hydrogen-bond donors (Lipinski definition) is 1. The van der Waals surface area contributed by atoms with Crippen LogP contribution in [0.25, 0.3) is 0 Å². The van der Waals surface area contributed by atoms with Crippen molar-refractivity contribution in [1.29, 1.82) is 0 Å². The van der Waals surface area contributed by atoms with Crippen LogP contribution in [0.3, 0.4) is 0 Å². The summed E-state index contributed by atoms with van der Waals surface area (Å²) in [5.74, 6) is 0. The molecular weight excluding hydrogens is 146 g/mol. The molecule has 1 heterocycles. The molecule has 63 valence electrons. The maximum atomic E-state index is 10.1. The number of ether oxygens (including phenoxy) is 1. The van der Waals surface area contributed by atoms with Crippen LogP contribution in [0.4, 0.5) is 4.79 Å². The Hall–Kier alpha value is -0.770. The van der Waals surface area contributed by atoms with Gasteiger partial charge in [0.25, 0.3) is 0 Å². The minimum atomic E-state index is -1.18. The highest BCUT2D eigenvalue weighted by atomic mass is 16.7. The van der Waals surface area contributed by atoms with Crippen LogP contribution in [-0.4, -0.2) is 41.9 Å². The minimum Gasteiger partial charge on any atom is -0.450 e. The summed E-state index contributed by atoms with van der Waals surface area (Å²) >= 11 is 0. The molecule has 1 fully saturated rings. The lowest BCUT2D eigenvalue weighted by Gasteiger charge is -2.11. The second kappa shape index (κ2) is 3.57. The third-order valence-electron chi connectivity index (χ3n) is 1.81. The molecule has 11 heavy (non-hydrogen) atoms. The van der Waals surface area contributed by atoms with Crippen molar-refractivity contribution < 1.29 is 14.6 Å². The molecule has 0 bridgehead atoms. The molecule has 1 saturated heterocycles. The fourth-order valence-corrected chi connectivity index (χ4v) is 1.24. The van der Waals surface area contributed by atoms with E-state index in [4.69, 9.17) is 5.11 Å². The molecule has 0 aromatic carbocycles. The van der Waals surface area contributed by atoms with E-state index in [2.05, 4.69) is 16.6 Å². The van der Waals surface area contributed by atoms with Crippen molar-refractivity contribution in [2.75, 3.05) is 19.6 Å². The van der Waals surface area contributed by atoms with Crippen molar-refractivity contribution in [2.45, 2.75) is 12.5 Å². The normalized spacial score (nSPS) is 25.4. The monoisotopic (exact) mass is 158 g/mol. The van der Waals surface area contributed by atoms with E-state index in [1.807, 2.05) is 0 Å². The lowest BCUT2D eigenvalue weighted by Crippen LogP contribution is -2.24. The zero-order valence-corrected chi connectivity index (χ0v) is 6.32. The molecule has 1 radical (unpaired) electrons. The van der Waals surface area contributed by atoms with Gasteiger partial charge < -0.3 is 9.84 Å². The summed E-state index contributed by atoms with van der Waals surface area (Å²) in [7, 11) is 0. The molecular formula is C7H12NO3. The van der Waals surface area contributed by atoms with Crippen molar-refractivity contribution in [3.63, 3.8) is 0 Å². The summed E-state index contributed by atoms with van der Waals surface area (Å²) in [5.41, 5.74) is 0. The minimum absolute atomic E-state index is 0.144. The van der Waals surface area contributed by atoms with Gasteiger partial charge in [0.15, 0.2) is 0 Å². The molecule has 0 aromatic heterocycles. The van der Waals surface area contributed by atoms with Crippen molar-refractivity contribution in [3.05, 3.63) is 6.92 Å². The average Bonchev–Trinajstić information content (AvgIpc) is 2.34. The first-order valence-corrected chi connectivity index (χ1v) is 3.63. The van der Waals surface area contributed by atoms with Gasteiger partial charge in [-0.25, -0.2) is 4.79 Å². The molecule has 0 aliphatic carbocycles. The SMILES string of the molecule is [CH2]CN1CCC(OC(=O)O)C1. The van der Waals surface area contributed by atoms with Crippen LogP contribution in [0, 0.1) is 6.92 Å². The van der Waals surface area contributed by atoms with Crippen LogP contribution in [0.2, 0.25) is 0 Å². The zero-order valence-electron chi connectivity index (χ0n) is 6.32. The Morgan fingerprint density at radius 1 is 1.82 bits per heavy atom. The Bertz CT molecular complexity index is 149. The summed E-state index contributed by atoms with van der Waals surface area (Å²) in [6.45, 7) is 6.01. The van der Waals surface area contributed by atoms with Gasteiger partial charge in [0, 0.05) is 13.1 Å². The number of carboxylic acid groups (broad SMARTS) is 1. The Morgan fingerprint density at radius 3 is 3.00 bits per heavy atom. The Balaban J connectivity index is 2.24. The standard InChI is InChI=1S/C7H12NO3/c1-2-8-4-3-6(5-8)11-7(9)10/h6H,1-5H2,(H,9,10). The van der Waals surface area contributed by atoms with Gasteiger partial charge in [0.05, 0.1) is 0 Å². The fourth-order valence-electron chi connectivity index (χ4n) is 1.24. The van der Waals surface area contributed by atoms with Gasteiger partial charge in [-0.2, -0.15) is 0 Å². The molecule has 0 saturated carbocycles. The molecule has 0 spiro atoms. The summed E-state index contributed by atoms with van der Waals surface area (Å²) in [4.78, 5) is 12.2. The molecule has 1 N–H and O–H groups in total. The first-order valence-electron chi connectivity index (χ1n) is 3.63. The lowest BCUT2D eigenvalue weighted by molar-refractivity contribution is 0.0556. The maximum absolute atomic E-state index is 10.1. The summed E-state index contributed by atoms with van der Waals surface area (Å²) < 4.78 is 4.59. The quantitative estimate of drug-likeness (QED) is 0.597. The Kier molecular flexibility index (Phi) is 2.70. The van der Waals surface area contributed by atoms with Crippen molar-refractivity contribution in [1.82, 2.24) is 4.90 Å². The van der Waals surface area contributed by atoms with Gasteiger partial charge in [-0.15, -0.1) is 0 Å². The van der Waals surface area contributed by atoms with Crippen LogP contribution in [-0.2, 0) is 4.74 Å². The topological polar surface area (TPSA) is 49.8 Å². The predicted octanol–water partition coefficient (Wildman–Crippen LogP) is 0.589. The molecule has 1 unspecified atom stereocenters. The molecule has 4 nitrogen and oxygen atoms in total. The molecule has 1 aliphatic heterocycles. The molecule has 0 amide bonds. The second-order valence-electron chi connectivity index (χ2n) is 2.60. The van der Waals surface area contributed by atoms with E-state index in [9.17, 15) is 4.79 Å². The molecule has 1 atom stereocenters. The van der Waals surface area contributed by atoms with Crippen LogP contribution >= 0.6 is 0 Å². The van der Waals surface area contributed by atoms with Crippen molar-refractivity contribution >= 4 is 6.16 Å². The van der Waals surface area contributed by atoms with Crippen LogP contribution in [0.15, 0.2) is 0 Å². The van der Waals surface area contributed by atoms with E-state index in [1.54, 1.807) is 0 Å². The highest BCUT2D eigenvalue weighted by Crippen LogP contribution is 2.11. The molecule has 4 heteroatoms. The second-order valence-corrected chi connectivity index (χ2v) is 2.60. The van der Waals surface area contributed by atoms with E-state index in [0.29, 0.717) is 6.54 Å². The lowest BCUT2D eigenvalue weighted by atomic mass is 10.3. The third kappa shape index (κ3) is 2.38. The number of nitrogens with zero attached hydrogens (tertiary/aromatic N) is 1. The van der Waals surface area contributed by atoms with E-state index in [-0.39, 0.29) is 6.10 Å². The summed E-state index contributed by atoms with van der Waals surface area (Å²) in [6, 6.07) is 0. The van der Waals surface area contributed by atoms with Crippen LogP contribution in [0.5, 0.6) is 0 Å². The number of carbonyl (C=O) groups is 1. The van der Waals surface area contributed by atoms with E-state index in [1.165, 1.54) is 0 Å². The van der Waals surface area contributed by atoms with Gasteiger partial charge >= 0.3 is 6.16 Å². The highest BCUT2D eigenvalue weighted by molar-refractivity contribution is 5.57. The summed E-state index contributed by atoms with van der Waals surface area (Å²) in [6.07, 6.45) is -0.530. The van der Waals surface area contributed by atoms with Gasteiger partial charge in [-0.1, -0.05) is 0 Å². The van der Waals surface area contributed by atoms with Crippen LogP contribution < -0.4 is 0 Å². The Labute approximate surface area is 65.8 Å². The van der Waals surface area contributed by atoms with Gasteiger partial charge in [-0.3, -0.25) is 4.90 Å². The first-order chi connectivity index (χ1) is 5.22. The number of likely N-dealkylation sites (tertiary alicyclic amines) is 1.